The van der Waals surface area contributed by atoms with Gasteiger partial charge in [0, 0.05) is 6.54 Å². The van der Waals surface area contributed by atoms with Crippen LogP contribution in [0.25, 0.3) is 0 Å². The molecular formula is C9H18N4O. The van der Waals surface area contributed by atoms with Gasteiger partial charge in [-0.3, -0.25) is 4.68 Å². The molecule has 0 aliphatic heterocycles. The van der Waals surface area contributed by atoms with Crippen LogP contribution in [0.2, 0.25) is 0 Å². The highest BCUT2D eigenvalue weighted by atomic mass is 16.3. The summed E-state index contributed by atoms with van der Waals surface area (Å²) in [5.41, 5.74) is 6.62. The summed E-state index contributed by atoms with van der Waals surface area (Å²) < 4.78 is 1.72. The Morgan fingerprint density at radius 3 is 2.93 bits per heavy atom. The summed E-state index contributed by atoms with van der Waals surface area (Å²) in [5.74, 6) is 0. The number of aryl methyl sites for hydroxylation is 1. The molecule has 5 nitrogen and oxygen atoms in total. The minimum Gasteiger partial charge on any atom is -0.393 e. The van der Waals surface area contributed by atoms with Gasteiger partial charge in [-0.25, -0.2) is 0 Å². The SMILES string of the molecule is CCC(N)c1cn(CCC(C)O)nn1. The molecule has 14 heavy (non-hydrogen) atoms. The molecule has 5 heteroatoms. The topological polar surface area (TPSA) is 77.0 Å². The second-order valence-corrected chi connectivity index (χ2v) is 3.56. The van der Waals surface area contributed by atoms with Crippen molar-refractivity contribution in [3.8, 4) is 0 Å². The average molecular weight is 198 g/mol. The molecule has 1 aromatic rings. The third kappa shape index (κ3) is 3.08. The number of nitrogens with two attached hydrogens (primary N) is 1. The lowest BCUT2D eigenvalue weighted by Gasteiger charge is -2.03. The number of aliphatic hydroxyl groups excluding tert-OH is 1. The van der Waals surface area contributed by atoms with Crippen molar-refractivity contribution in [2.24, 2.45) is 5.73 Å². The monoisotopic (exact) mass is 198 g/mol. The molecule has 0 saturated heterocycles. The van der Waals surface area contributed by atoms with Gasteiger partial charge in [0.2, 0.25) is 0 Å². The van der Waals surface area contributed by atoms with Crippen molar-refractivity contribution in [1.82, 2.24) is 15.0 Å². The molecule has 1 aromatic heterocycles. The number of aromatic nitrogens is 3. The van der Waals surface area contributed by atoms with Crippen molar-refractivity contribution < 1.29 is 5.11 Å². The van der Waals surface area contributed by atoms with Gasteiger partial charge in [-0.1, -0.05) is 12.1 Å². The van der Waals surface area contributed by atoms with Crippen LogP contribution in [0.3, 0.4) is 0 Å². The fourth-order valence-electron chi connectivity index (χ4n) is 1.12. The second kappa shape index (κ2) is 5.07. The van der Waals surface area contributed by atoms with Gasteiger partial charge in [0.15, 0.2) is 0 Å². The molecule has 0 saturated carbocycles. The highest BCUT2D eigenvalue weighted by Crippen LogP contribution is 2.09. The van der Waals surface area contributed by atoms with Crippen molar-refractivity contribution in [1.29, 1.82) is 0 Å². The number of hydrogen-bond donors (Lipinski definition) is 2. The lowest BCUT2D eigenvalue weighted by atomic mass is 10.2. The molecule has 0 bridgehead atoms. The highest BCUT2D eigenvalue weighted by Gasteiger charge is 2.08. The maximum atomic E-state index is 9.09. The molecule has 0 radical (unpaired) electrons. The Hall–Kier alpha value is -0.940. The number of aliphatic hydroxyl groups is 1. The van der Waals surface area contributed by atoms with E-state index in [-0.39, 0.29) is 12.1 Å². The van der Waals surface area contributed by atoms with E-state index in [0.29, 0.717) is 13.0 Å². The fraction of sp³-hybridized carbons (Fsp3) is 0.778. The van der Waals surface area contributed by atoms with Gasteiger partial charge < -0.3 is 10.8 Å². The van der Waals surface area contributed by atoms with E-state index in [4.69, 9.17) is 10.8 Å². The van der Waals surface area contributed by atoms with E-state index in [1.807, 2.05) is 13.1 Å². The Morgan fingerprint density at radius 1 is 1.64 bits per heavy atom. The lowest BCUT2D eigenvalue weighted by molar-refractivity contribution is 0.176. The summed E-state index contributed by atoms with van der Waals surface area (Å²) in [6.45, 7) is 4.45. The summed E-state index contributed by atoms with van der Waals surface area (Å²) in [5, 5.41) is 17.0. The second-order valence-electron chi connectivity index (χ2n) is 3.56. The van der Waals surface area contributed by atoms with Gasteiger partial charge in [0.1, 0.15) is 0 Å². The van der Waals surface area contributed by atoms with Crippen LogP contribution < -0.4 is 5.73 Å². The van der Waals surface area contributed by atoms with Crippen LogP contribution in [0, 0.1) is 0 Å². The molecule has 0 amide bonds. The van der Waals surface area contributed by atoms with E-state index < -0.39 is 0 Å². The van der Waals surface area contributed by atoms with E-state index in [9.17, 15) is 0 Å². The Labute approximate surface area is 83.9 Å². The molecule has 3 N–H and O–H groups in total. The molecule has 0 fully saturated rings. The van der Waals surface area contributed by atoms with Crippen molar-refractivity contribution in [3.63, 3.8) is 0 Å². The average Bonchev–Trinajstić information content (AvgIpc) is 2.62. The normalized spacial score (nSPS) is 15.4. The van der Waals surface area contributed by atoms with Crippen LogP contribution in [0.1, 0.15) is 38.4 Å². The summed E-state index contributed by atoms with van der Waals surface area (Å²) in [7, 11) is 0. The van der Waals surface area contributed by atoms with Crippen molar-refractivity contribution in [3.05, 3.63) is 11.9 Å². The summed E-state index contributed by atoms with van der Waals surface area (Å²) in [6.07, 6.45) is 3.08. The smallest absolute Gasteiger partial charge is 0.0993 e. The summed E-state index contributed by atoms with van der Waals surface area (Å²) in [6, 6.07) is -0.0321. The minimum atomic E-state index is -0.303. The molecule has 0 aromatic carbocycles. The fourth-order valence-corrected chi connectivity index (χ4v) is 1.12. The third-order valence-electron chi connectivity index (χ3n) is 2.15. The first kappa shape index (κ1) is 11.1. The molecule has 80 valence electrons. The number of hydrogen-bond acceptors (Lipinski definition) is 4. The molecule has 1 heterocycles. The predicted octanol–water partition coefficient (Wildman–Crippen LogP) is 0.459. The number of nitrogens with zero attached hydrogens (tertiary/aromatic N) is 3. The van der Waals surface area contributed by atoms with E-state index in [1.165, 1.54) is 0 Å². The zero-order chi connectivity index (χ0) is 10.6. The van der Waals surface area contributed by atoms with Gasteiger partial charge in [0.25, 0.3) is 0 Å². The van der Waals surface area contributed by atoms with E-state index >= 15 is 0 Å². The van der Waals surface area contributed by atoms with E-state index in [1.54, 1.807) is 11.6 Å². The van der Waals surface area contributed by atoms with Crippen molar-refractivity contribution in [2.75, 3.05) is 0 Å². The van der Waals surface area contributed by atoms with E-state index in [0.717, 1.165) is 12.1 Å². The van der Waals surface area contributed by atoms with Crippen LogP contribution in [0.5, 0.6) is 0 Å². The first-order valence-electron chi connectivity index (χ1n) is 4.97. The Kier molecular flexibility index (Phi) is 4.03. The molecule has 2 unspecified atom stereocenters. The Bertz CT molecular complexity index is 272. The zero-order valence-corrected chi connectivity index (χ0v) is 8.72. The van der Waals surface area contributed by atoms with Crippen molar-refractivity contribution in [2.45, 2.75) is 45.4 Å². The molecule has 0 aliphatic carbocycles. The molecule has 0 spiro atoms. The van der Waals surface area contributed by atoms with Gasteiger partial charge in [-0.15, -0.1) is 5.10 Å². The van der Waals surface area contributed by atoms with Crippen LogP contribution >= 0.6 is 0 Å². The lowest BCUT2D eigenvalue weighted by Crippen LogP contribution is -2.09. The predicted molar refractivity (Wildman–Crippen MR) is 53.5 cm³/mol. The van der Waals surface area contributed by atoms with Crippen LogP contribution in [0.4, 0.5) is 0 Å². The molecule has 0 aliphatic rings. The van der Waals surface area contributed by atoms with E-state index in [2.05, 4.69) is 10.3 Å². The molecular weight excluding hydrogens is 180 g/mol. The van der Waals surface area contributed by atoms with Crippen LogP contribution in [0.15, 0.2) is 6.20 Å². The molecule has 1 rings (SSSR count). The zero-order valence-electron chi connectivity index (χ0n) is 8.72. The quantitative estimate of drug-likeness (QED) is 0.720. The van der Waals surface area contributed by atoms with Crippen LogP contribution in [-0.2, 0) is 6.54 Å². The van der Waals surface area contributed by atoms with Crippen molar-refractivity contribution >= 4 is 0 Å². The Balaban J connectivity index is 2.50. The summed E-state index contributed by atoms with van der Waals surface area (Å²) in [4.78, 5) is 0. The Morgan fingerprint density at radius 2 is 2.36 bits per heavy atom. The highest BCUT2D eigenvalue weighted by molar-refractivity contribution is 4.98. The number of rotatable bonds is 5. The van der Waals surface area contributed by atoms with Gasteiger partial charge >= 0.3 is 0 Å². The first-order valence-corrected chi connectivity index (χ1v) is 4.97. The van der Waals surface area contributed by atoms with Gasteiger partial charge in [-0.05, 0) is 19.8 Å². The van der Waals surface area contributed by atoms with Gasteiger partial charge in [-0.2, -0.15) is 0 Å². The third-order valence-corrected chi connectivity index (χ3v) is 2.15. The summed E-state index contributed by atoms with van der Waals surface area (Å²) >= 11 is 0. The molecule has 2 atom stereocenters. The van der Waals surface area contributed by atoms with Gasteiger partial charge in [0.05, 0.1) is 24.0 Å². The van der Waals surface area contributed by atoms with Crippen LogP contribution in [-0.4, -0.2) is 26.2 Å². The first-order chi connectivity index (χ1) is 6.63. The maximum Gasteiger partial charge on any atom is 0.0993 e. The minimum absolute atomic E-state index is 0.0321. The standard InChI is InChI=1S/C9H18N4O/c1-3-8(10)9-6-13(12-11-9)5-4-7(2)14/h6-8,14H,3-5,10H2,1-2H3. The maximum absolute atomic E-state index is 9.09. The largest absolute Gasteiger partial charge is 0.393 e.